The zero-order valence-electron chi connectivity index (χ0n) is 40.3. The lowest BCUT2D eigenvalue weighted by atomic mass is 9.78. The second-order valence-corrected chi connectivity index (χ2v) is 22.8. The molecule has 1 heterocycles. The molecule has 11 nitrogen and oxygen atoms in total. The van der Waals surface area contributed by atoms with Crippen LogP contribution in [0.25, 0.3) is 0 Å². The van der Waals surface area contributed by atoms with E-state index in [1.807, 2.05) is 125 Å². The van der Waals surface area contributed by atoms with Crippen LogP contribution in [0, 0.1) is 0 Å². The normalized spacial score (nSPS) is 15.8. The van der Waals surface area contributed by atoms with Gasteiger partial charge in [0.1, 0.15) is 30.4 Å². The molecule has 0 radical (unpaired) electrons. The number of urea groups is 3. The molecule has 0 spiro atoms. The van der Waals surface area contributed by atoms with Crippen molar-refractivity contribution in [3.63, 3.8) is 0 Å². The van der Waals surface area contributed by atoms with Gasteiger partial charge in [-0.3, -0.25) is 4.79 Å². The van der Waals surface area contributed by atoms with Gasteiger partial charge in [-0.05, 0) is 56.8 Å². The average Bonchev–Trinajstić information content (AvgIpc) is 3.07. The van der Waals surface area contributed by atoms with E-state index in [-0.39, 0.29) is 47.3 Å². The number of ether oxygens (including phenoxy) is 1. The van der Waals surface area contributed by atoms with Gasteiger partial charge in [0.2, 0.25) is 0 Å². The molecule has 0 bridgehead atoms. The third kappa shape index (κ3) is 9.18. The molecule has 3 aromatic carbocycles. The first kappa shape index (κ1) is 48.8. The predicted octanol–water partition coefficient (Wildman–Crippen LogP) is 12.2. The number of benzene rings is 3. The summed E-state index contributed by atoms with van der Waals surface area (Å²) in [5.74, 6) is -0.450. The summed E-state index contributed by atoms with van der Waals surface area (Å²) in [6.45, 7) is 35.5. The van der Waals surface area contributed by atoms with E-state index in [9.17, 15) is 20.1 Å². The second-order valence-electron chi connectivity index (χ2n) is 22.8. The van der Waals surface area contributed by atoms with Crippen LogP contribution in [-0.4, -0.2) is 52.5 Å². The number of phenols is 3. The van der Waals surface area contributed by atoms with Gasteiger partial charge < -0.3 is 20.1 Å². The van der Waals surface area contributed by atoms with E-state index in [2.05, 4.69) is 0 Å². The minimum atomic E-state index is -1.15. The minimum Gasteiger partial charge on any atom is -0.507 e. The van der Waals surface area contributed by atoms with Crippen LogP contribution in [0.2, 0.25) is 0 Å². The maximum Gasteiger partial charge on any atom is 0.446 e. The molecule has 0 aromatic heterocycles. The number of nitrogens with zero attached hydrogens (tertiary/aromatic N) is 3. The number of phenolic OH excluding ortho intramolecular Hbond substituents is 3. The van der Waals surface area contributed by atoms with E-state index in [1.165, 1.54) is 0 Å². The number of aromatic hydroxyl groups is 3. The second kappa shape index (κ2) is 15.8. The highest BCUT2D eigenvalue weighted by Gasteiger charge is 2.62. The van der Waals surface area contributed by atoms with Gasteiger partial charge in [-0.25, -0.2) is 14.4 Å². The molecule has 1 fully saturated rings. The van der Waals surface area contributed by atoms with Gasteiger partial charge in [0.25, 0.3) is 0 Å². The van der Waals surface area contributed by atoms with E-state index in [4.69, 9.17) is 4.74 Å². The summed E-state index contributed by atoms with van der Waals surface area (Å²) in [5.41, 5.74) is -0.688. The van der Waals surface area contributed by atoms with Crippen molar-refractivity contribution in [1.82, 2.24) is 4.48 Å². The van der Waals surface area contributed by atoms with Crippen LogP contribution in [0.4, 0.5) is 31.4 Å². The summed E-state index contributed by atoms with van der Waals surface area (Å²) in [4.78, 5) is 62.4. The van der Waals surface area contributed by atoms with Gasteiger partial charge in [-0.1, -0.05) is 132 Å². The average molecular weight is 843 g/mol. The molecule has 11 heteroatoms. The molecule has 1 aliphatic heterocycles. The molecule has 334 valence electrons. The quantitative estimate of drug-likeness (QED) is 0.157. The highest BCUT2D eigenvalue weighted by molar-refractivity contribution is 6.38. The SMILES string of the molecule is CCC(=O)OCC[N+]1(c2cc(C(C)(C)C)c(O)c(C(C)(C)C)c2)C(=O)N(c2cc(C(C)(C)C)c(O)c(C(C)(C)C)c2)C(=O)N(c2cc(C(C)(C)C)c(O)c(C(C)(C)C)c2)C1=O. The van der Waals surface area contributed by atoms with Crippen molar-refractivity contribution in [2.75, 3.05) is 23.0 Å². The fourth-order valence-corrected chi connectivity index (χ4v) is 7.83. The van der Waals surface area contributed by atoms with E-state index in [0.29, 0.717) is 33.4 Å². The number of rotatable bonds is 7. The zero-order chi connectivity index (χ0) is 47.0. The fraction of sp³-hybridized carbons (Fsp3) is 0.560. The lowest BCUT2D eigenvalue weighted by molar-refractivity contribution is -0.143. The van der Waals surface area contributed by atoms with Crippen molar-refractivity contribution in [3.05, 3.63) is 69.8 Å². The lowest BCUT2D eigenvalue weighted by Gasteiger charge is -2.44. The molecule has 0 aliphatic carbocycles. The van der Waals surface area contributed by atoms with Crippen LogP contribution in [0.5, 0.6) is 17.2 Å². The molecule has 61 heavy (non-hydrogen) atoms. The van der Waals surface area contributed by atoms with Crippen LogP contribution in [0.1, 0.15) is 171 Å². The lowest BCUT2D eigenvalue weighted by Crippen LogP contribution is -2.76. The third-order valence-electron chi connectivity index (χ3n) is 11.5. The Balaban J connectivity index is 2.35. The van der Waals surface area contributed by atoms with E-state index in [0.717, 1.165) is 9.80 Å². The van der Waals surface area contributed by atoms with Crippen molar-refractivity contribution in [1.29, 1.82) is 0 Å². The topological polar surface area (TPSA) is 145 Å². The maximum atomic E-state index is 16.0. The summed E-state index contributed by atoms with van der Waals surface area (Å²) >= 11 is 0. The van der Waals surface area contributed by atoms with Gasteiger partial charge in [-0.2, -0.15) is 9.80 Å². The molecule has 4 rings (SSSR count). The molecule has 6 amide bonds. The van der Waals surface area contributed by atoms with Gasteiger partial charge in [-0.15, -0.1) is 4.48 Å². The Hall–Kier alpha value is -4.90. The Morgan fingerprint density at radius 2 is 0.770 bits per heavy atom. The molecular formula is C50H72N3O8+. The number of carbonyl (C=O) groups is 4. The van der Waals surface area contributed by atoms with Gasteiger partial charge >= 0.3 is 24.1 Å². The number of imide groups is 3. The molecule has 1 saturated heterocycles. The summed E-state index contributed by atoms with van der Waals surface area (Å²) in [6, 6.07) is 6.95. The molecule has 1 aliphatic rings. The van der Waals surface area contributed by atoms with Crippen molar-refractivity contribution >= 4 is 41.1 Å². The van der Waals surface area contributed by atoms with E-state index in [1.54, 1.807) is 43.3 Å². The van der Waals surface area contributed by atoms with Crippen molar-refractivity contribution in [2.24, 2.45) is 0 Å². The fourth-order valence-electron chi connectivity index (χ4n) is 7.83. The van der Waals surface area contributed by atoms with Crippen molar-refractivity contribution in [3.8, 4) is 17.2 Å². The van der Waals surface area contributed by atoms with Crippen LogP contribution in [0.3, 0.4) is 0 Å². The Morgan fingerprint density at radius 3 is 1.02 bits per heavy atom. The Bertz CT molecular complexity index is 2040. The Kier molecular flexibility index (Phi) is 12.6. The largest absolute Gasteiger partial charge is 0.507 e. The molecule has 3 N–H and O–H groups in total. The van der Waals surface area contributed by atoms with Crippen LogP contribution >= 0.6 is 0 Å². The Morgan fingerprint density at radius 1 is 0.508 bits per heavy atom. The van der Waals surface area contributed by atoms with Crippen LogP contribution in [0.15, 0.2) is 36.4 Å². The van der Waals surface area contributed by atoms with Crippen molar-refractivity contribution < 1.29 is 39.2 Å². The summed E-state index contributed by atoms with van der Waals surface area (Å²) in [7, 11) is 0. The minimum absolute atomic E-state index is 0.0207. The van der Waals surface area contributed by atoms with Gasteiger partial charge in [0, 0.05) is 51.9 Å². The van der Waals surface area contributed by atoms with E-state index >= 15 is 14.4 Å². The smallest absolute Gasteiger partial charge is 0.446 e. The summed E-state index contributed by atoms with van der Waals surface area (Å²) < 4.78 is 4.50. The Labute approximate surface area is 364 Å². The van der Waals surface area contributed by atoms with Crippen molar-refractivity contribution in [2.45, 2.75) is 170 Å². The number of hydrogen-bond acceptors (Lipinski definition) is 8. The molecule has 0 atom stereocenters. The first-order valence-electron chi connectivity index (χ1n) is 21.3. The van der Waals surface area contributed by atoms with Gasteiger partial charge in [0.05, 0.1) is 11.4 Å². The molecular weight excluding hydrogens is 771 g/mol. The third-order valence-corrected chi connectivity index (χ3v) is 11.5. The summed E-state index contributed by atoms with van der Waals surface area (Å²) in [6.07, 6.45) is 0.0531. The predicted molar refractivity (Wildman–Crippen MR) is 246 cm³/mol. The zero-order valence-corrected chi connectivity index (χ0v) is 40.3. The maximum absolute atomic E-state index is 16.0. The number of quaternary nitrogens is 1. The first-order chi connectivity index (χ1) is 27.4. The standard InChI is InChI=1S/C50H71N3O8/c1-20-38(54)61-22-21-53(31-27-36(49(14,15)16)41(57)37(28-31)50(17,18)19)43(59)51(29-23-32(45(2,3)4)39(55)33(24-29)46(5,6)7)42(58)52(44(53)60)30-25-34(47(8,9)10)40(56)35(26-30)48(11,12)13/h23-28H,20-22H2,1-19H3,(H2-,55,56,57)/p+1. The summed E-state index contributed by atoms with van der Waals surface area (Å²) in [5, 5.41) is 35.5. The number of anilines is 2. The molecule has 3 aromatic rings. The van der Waals surface area contributed by atoms with Gasteiger partial charge in [0.15, 0.2) is 5.69 Å². The number of amides is 6. The number of hydrogen-bond donors (Lipinski definition) is 3. The highest BCUT2D eigenvalue weighted by Crippen LogP contribution is 2.49. The molecule has 0 unspecified atom stereocenters. The highest BCUT2D eigenvalue weighted by atomic mass is 16.5. The first-order valence-corrected chi connectivity index (χ1v) is 21.3. The molecule has 0 saturated carbocycles. The van der Waals surface area contributed by atoms with E-state index < -0.39 is 67.6 Å². The van der Waals surface area contributed by atoms with Crippen LogP contribution < -0.4 is 14.3 Å². The monoisotopic (exact) mass is 843 g/mol. The number of esters is 1. The number of carbonyl (C=O) groups excluding carboxylic acids is 4. The van der Waals surface area contributed by atoms with Crippen LogP contribution in [-0.2, 0) is 42.0 Å².